The highest BCUT2D eigenvalue weighted by Crippen LogP contribution is 2.32. The van der Waals surface area contributed by atoms with E-state index in [0.29, 0.717) is 31.2 Å². The Morgan fingerprint density at radius 1 is 1.24 bits per heavy atom. The summed E-state index contributed by atoms with van der Waals surface area (Å²) in [4.78, 5) is 30.9. The van der Waals surface area contributed by atoms with Crippen molar-refractivity contribution in [2.45, 2.75) is 31.3 Å². The molecule has 3 rings (SSSR count). The molecule has 0 aliphatic carbocycles. The highest BCUT2D eigenvalue weighted by molar-refractivity contribution is 7.99. The largest absolute Gasteiger partial charge is 0.493 e. The summed E-state index contributed by atoms with van der Waals surface area (Å²) < 4.78 is 10.8. The first-order valence-corrected chi connectivity index (χ1v) is 10.6. The van der Waals surface area contributed by atoms with E-state index < -0.39 is 0 Å². The predicted octanol–water partition coefficient (Wildman–Crippen LogP) is 3.02. The van der Waals surface area contributed by atoms with Crippen molar-refractivity contribution < 1.29 is 19.1 Å². The van der Waals surface area contributed by atoms with Crippen molar-refractivity contribution in [3.05, 3.63) is 42.1 Å². The van der Waals surface area contributed by atoms with Crippen LogP contribution in [0.3, 0.4) is 0 Å². The van der Waals surface area contributed by atoms with Crippen LogP contribution >= 0.6 is 11.8 Å². The van der Waals surface area contributed by atoms with Crippen molar-refractivity contribution in [1.82, 2.24) is 10.3 Å². The second-order valence-corrected chi connectivity index (χ2v) is 7.50. The number of fused-ring (bicyclic) bond motifs is 1. The molecular formula is C21H25N3O4S. The van der Waals surface area contributed by atoms with Crippen molar-refractivity contribution >= 4 is 29.3 Å². The normalized spacial score (nSPS) is 12.8. The summed E-state index contributed by atoms with van der Waals surface area (Å²) in [6.07, 6.45) is 2.03. The lowest BCUT2D eigenvalue weighted by Crippen LogP contribution is -2.36. The molecule has 0 spiro atoms. The third-order valence-electron chi connectivity index (χ3n) is 4.48. The fourth-order valence-corrected chi connectivity index (χ4v) is 3.98. The number of rotatable bonds is 8. The maximum absolute atomic E-state index is 12.6. The fraction of sp³-hybridized carbons (Fsp3) is 0.381. The first-order chi connectivity index (χ1) is 14.1. The number of carbonyl (C=O) groups excluding carboxylic acids is 2. The molecule has 1 N–H and O–H groups in total. The molecule has 29 heavy (non-hydrogen) atoms. The summed E-state index contributed by atoms with van der Waals surface area (Å²) in [5.74, 6) is 1.89. The van der Waals surface area contributed by atoms with Gasteiger partial charge in [0.15, 0.2) is 11.5 Å². The third-order valence-corrected chi connectivity index (χ3v) is 5.45. The number of amides is 2. The van der Waals surface area contributed by atoms with Crippen LogP contribution in [0.15, 0.2) is 41.6 Å². The maximum Gasteiger partial charge on any atom is 0.227 e. The van der Waals surface area contributed by atoms with Gasteiger partial charge in [0.1, 0.15) is 5.03 Å². The number of anilines is 1. The van der Waals surface area contributed by atoms with Gasteiger partial charge >= 0.3 is 0 Å². The van der Waals surface area contributed by atoms with Crippen molar-refractivity contribution in [2.24, 2.45) is 0 Å². The van der Waals surface area contributed by atoms with E-state index in [-0.39, 0.29) is 24.7 Å². The fourth-order valence-electron chi connectivity index (χ4n) is 3.05. The lowest BCUT2D eigenvalue weighted by atomic mass is 10.2. The quantitative estimate of drug-likeness (QED) is 0.714. The zero-order valence-corrected chi connectivity index (χ0v) is 17.5. The molecule has 0 saturated carbocycles. The zero-order valence-electron chi connectivity index (χ0n) is 16.6. The number of methoxy groups -OCH3 is 1. The van der Waals surface area contributed by atoms with Crippen LogP contribution in [0, 0.1) is 0 Å². The Hall–Kier alpha value is -2.74. The predicted molar refractivity (Wildman–Crippen MR) is 113 cm³/mol. The number of aromatic nitrogens is 1. The van der Waals surface area contributed by atoms with Gasteiger partial charge in [-0.25, -0.2) is 4.98 Å². The monoisotopic (exact) mass is 415 g/mol. The van der Waals surface area contributed by atoms with E-state index in [1.807, 2.05) is 37.3 Å². The van der Waals surface area contributed by atoms with Gasteiger partial charge in [0.2, 0.25) is 11.8 Å². The van der Waals surface area contributed by atoms with Crippen LogP contribution in [0.1, 0.15) is 25.3 Å². The van der Waals surface area contributed by atoms with Crippen molar-refractivity contribution in [1.29, 1.82) is 0 Å². The van der Waals surface area contributed by atoms with Crippen molar-refractivity contribution in [3.8, 4) is 11.5 Å². The van der Waals surface area contributed by atoms with E-state index in [1.165, 1.54) is 0 Å². The summed E-state index contributed by atoms with van der Waals surface area (Å²) in [5.41, 5.74) is 1.73. The van der Waals surface area contributed by atoms with E-state index in [1.54, 1.807) is 30.0 Å². The van der Waals surface area contributed by atoms with E-state index >= 15 is 0 Å². The molecule has 2 heterocycles. The minimum absolute atomic E-state index is 0.0579. The average molecular weight is 416 g/mol. The van der Waals surface area contributed by atoms with Crippen molar-refractivity contribution in [2.75, 3.05) is 30.9 Å². The van der Waals surface area contributed by atoms with Crippen LogP contribution in [-0.2, 0) is 16.1 Å². The van der Waals surface area contributed by atoms with Crippen LogP contribution in [0.5, 0.6) is 11.5 Å². The molecule has 2 amide bonds. The number of ether oxygens (including phenoxy) is 2. The van der Waals surface area contributed by atoms with Crippen LogP contribution < -0.4 is 19.7 Å². The zero-order chi connectivity index (χ0) is 20.6. The average Bonchev–Trinajstić information content (AvgIpc) is 2.76. The number of nitrogens with one attached hydrogen (secondary N) is 1. The van der Waals surface area contributed by atoms with Crippen LogP contribution in [0.4, 0.5) is 5.69 Å². The number of carbonyl (C=O) groups is 2. The van der Waals surface area contributed by atoms with Crippen LogP contribution in [0.25, 0.3) is 0 Å². The van der Waals surface area contributed by atoms with Gasteiger partial charge in [-0.15, -0.1) is 11.8 Å². The van der Waals surface area contributed by atoms with Gasteiger partial charge in [-0.3, -0.25) is 9.59 Å². The number of thioether (sulfide) groups is 1. The molecule has 8 heteroatoms. The SMILES string of the molecule is CCOc1ccc(CNC(=O)CCC(=O)N2CCSc3ncccc32)cc1OC. The molecular weight excluding hydrogens is 390 g/mol. The summed E-state index contributed by atoms with van der Waals surface area (Å²) in [6.45, 7) is 3.46. The topological polar surface area (TPSA) is 80.8 Å². The van der Waals surface area contributed by atoms with E-state index in [0.717, 1.165) is 22.0 Å². The Kier molecular flexibility index (Phi) is 7.35. The Labute approximate surface area is 174 Å². The van der Waals surface area contributed by atoms with Gasteiger partial charge in [0, 0.05) is 37.9 Å². The number of pyridine rings is 1. The molecule has 1 aliphatic heterocycles. The van der Waals surface area contributed by atoms with Gasteiger partial charge in [-0.1, -0.05) is 6.07 Å². The number of hydrogen-bond donors (Lipinski definition) is 1. The van der Waals surface area contributed by atoms with Gasteiger partial charge in [0.05, 0.1) is 19.4 Å². The molecule has 0 radical (unpaired) electrons. The summed E-state index contributed by atoms with van der Waals surface area (Å²) in [7, 11) is 1.58. The first kappa shape index (κ1) is 21.0. The molecule has 0 saturated heterocycles. The van der Waals surface area contributed by atoms with E-state index in [2.05, 4.69) is 10.3 Å². The minimum atomic E-state index is -0.163. The maximum atomic E-state index is 12.6. The molecule has 2 aromatic rings. The van der Waals surface area contributed by atoms with Gasteiger partial charge in [0.25, 0.3) is 0 Å². The second kappa shape index (κ2) is 10.2. The number of nitrogens with zero attached hydrogens (tertiary/aromatic N) is 2. The Morgan fingerprint density at radius 3 is 2.90 bits per heavy atom. The third kappa shape index (κ3) is 5.41. The molecule has 0 fully saturated rings. The summed E-state index contributed by atoms with van der Waals surface area (Å²) >= 11 is 1.64. The minimum Gasteiger partial charge on any atom is -0.493 e. The van der Waals surface area contributed by atoms with Gasteiger partial charge in [-0.05, 0) is 36.8 Å². The lowest BCUT2D eigenvalue weighted by Gasteiger charge is -2.28. The molecule has 0 bridgehead atoms. The molecule has 1 aliphatic rings. The Bertz CT molecular complexity index is 875. The van der Waals surface area contributed by atoms with Gasteiger partial charge in [-0.2, -0.15) is 0 Å². The smallest absolute Gasteiger partial charge is 0.227 e. The summed E-state index contributed by atoms with van der Waals surface area (Å²) in [6, 6.07) is 9.27. The second-order valence-electron chi connectivity index (χ2n) is 6.42. The van der Waals surface area contributed by atoms with E-state index in [4.69, 9.17) is 9.47 Å². The lowest BCUT2D eigenvalue weighted by molar-refractivity contribution is -0.125. The summed E-state index contributed by atoms with van der Waals surface area (Å²) in [5, 5.41) is 3.72. The first-order valence-electron chi connectivity index (χ1n) is 9.57. The highest BCUT2D eigenvalue weighted by atomic mass is 32.2. The van der Waals surface area contributed by atoms with Crippen molar-refractivity contribution in [3.63, 3.8) is 0 Å². The number of hydrogen-bond acceptors (Lipinski definition) is 6. The molecule has 0 atom stereocenters. The molecule has 7 nitrogen and oxygen atoms in total. The van der Waals surface area contributed by atoms with Gasteiger partial charge < -0.3 is 19.7 Å². The molecule has 0 unspecified atom stereocenters. The Morgan fingerprint density at radius 2 is 2.10 bits per heavy atom. The Balaban J connectivity index is 1.50. The van der Waals surface area contributed by atoms with E-state index in [9.17, 15) is 9.59 Å². The number of benzene rings is 1. The standard InChI is InChI=1S/C21H25N3O4S/c1-3-28-17-7-6-15(13-18(17)27-2)14-23-19(25)8-9-20(26)24-11-12-29-21-16(24)5-4-10-22-21/h4-7,10,13H,3,8-9,11-12,14H2,1-2H3,(H,23,25). The van der Waals surface area contributed by atoms with Crippen LogP contribution in [-0.4, -0.2) is 42.8 Å². The van der Waals surface area contributed by atoms with Crippen LogP contribution in [0.2, 0.25) is 0 Å². The molecule has 1 aromatic heterocycles. The highest BCUT2D eigenvalue weighted by Gasteiger charge is 2.23. The molecule has 1 aromatic carbocycles. The molecule has 154 valence electrons.